The number of hydrogen-bond acceptors (Lipinski definition) is 2. The third kappa shape index (κ3) is 4.85. The summed E-state index contributed by atoms with van der Waals surface area (Å²) in [6.45, 7) is 2.74. The maximum absolute atomic E-state index is 12.3. The van der Waals surface area contributed by atoms with E-state index in [0.717, 1.165) is 11.0 Å². The SMILES string of the molecule is CC(C[N+](C)(C)C1CCCCC1)OC(=O)c1cccc(Cl)c1Cl. The predicted molar refractivity (Wildman–Crippen MR) is 95.2 cm³/mol. The van der Waals surface area contributed by atoms with Crippen LogP contribution in [0.15, 0.2) is 18.2 Å². The molecule has 0 bridgehead atoms. The monoisotopic (exact) mass is 358 g/mol. The Hall–Kier alpha value is -0.770. The van der Waals surface area contributed by atoms with Crippen LogP contribution in [0.5, 0.6) is 0 Å². The van der Waals surface area contributed by atoms with E-state index in [1.165, 1.54) is 32.1 Å². The molecule has 1 saturated carbocycles. The molecule has 23 heavy (non-hydrogen) atoms. The van der Waals surface area contributed by atoms with Crippen LogP contribution in [0.2, 0.25) is 10.0 Å². The topological polar surface area (TPSA) is 26.3 Å². The second kappa shape index (κ2) is 7.87. The number of ether oxygens (including phenoxy) is 1. The smallest absolute Gasteiger partial charge is 0.340 e. The Bertz CT molecular complexity index is 554. The van der Waals surface area contributed by atoms with E-state index < -0.39 is 5.97 Å². The van der Waals surface area contributed by atoms with Crippen LogP contribution >= 0.6 is 23.2 Å². The van der Waals surface area contributed by atoms with Gasteiger partial charge in [0.1, 0.15) is 12.6 Å². The van der Waals surface area contributed by atoms with E-state index in [1.54, 1.807) is 18.2 Å². The van der Waals surface area contributed by atoms with Crippen molar-refractivity contribution in [3.63, 3.8) is 0 Å². The van der Waals surface area contributed by atoms with Gasteiger partial charge in [-0.25, -0.2) is 4.79 Å². The number of likely N-dealkylation sites (N-methyl/N-ethyl adjacent to an activating group) is 1. The number of carbonyl (C=O) groups excluding carboxylic acids is 1. The summed E-state index contributed by atoms with van der Waals surface area (Å²) in [6.07, 6.45) is 6.29. The van der Waals surface area contributed by atoms with Crippen LogP contribution in [-0.2, 0) is 4.74 Å². The largest absolute Gasteiger partial charge is 0.453 e. The normalized spacial score (nSPS) is 17.8. The van der Waals surface area contributed by atoms with Gasteiger partial charge in [0.15, 0.2) is 0 Å². The van der Waals surface area contributed by atoms with Crippen molar-refractivity contribution in [2.45, 2.75) is 51.2 Å². The maximum atomic E-state index is 12.3. The first-order valence-electron chi connectivity index (χ1n) is 8.29. The molecule has 1 aliphatic carbocycles. The summed E-state index contributed by atoms with van der Waals surface area (Å²) in [5, 5.41) is 0.625. The zero-order chi connectivity index (χ0) is 17.0. The van der Waals surface area contributed by atoms with Gasteiger partial charge in [0, 0.05) is 0 Å². The molecule has 1 aromatic rings. The highest BCUT2D eigenvalue weighted by Crippen LogP contribution is 2.28. The highest BCUT2D eigenvalue weighted by atomic mass is 35.5. The first kappa shape index (κ1) is 18.6. The number of nitrogens with zero attached hydrogens (tertiary/aromatic N) is 1. The summed E-state index contributed by atoms with van der Waals surface area (Å²) in [7, 11) is 4.46. The van der Waals surface area contributed by atoms with Crippen LogP contribution in [0.3, 0.4) is 0 Å². The minimum Gasteiger partial charge on any atom is -0.453 e. The summed E-state index contributed by atoms with van der Waals surface area (Å²) in [5.74, 6) is -0.409. The van der Waals surface area contributed by atoms with Gasteiger partial charge in [-0.05, 0) is 44.7 Å². The van der Waals surface area contributed by atoms with Crippen molar-refractivity contribution in [2.24, 2.45) is 0 Å². The lowest BCUT2D eigenvalue weighted by molar-refractivity contribution is -0.918. The molecule has 0 radical (unpaired) electrons. The summed E-state index contributed by atoms with van der Waals surface area (Å²) < 4.78 is 6.49. The molecule has 1 fully saturated rings. The van der Waals surface area contributed by atoms with Gasteiger partial charge in [0.25, 0.3) is 0 Å². The van der Waals surface area contributed by atoms with Gasteiger partial charge in [-0.1, -0.05) is 35.7 Å². The molecule has 128 valence electrons. The molecule has 1 aliphatic rings. The Labute approximate surface area is 149 Å². The molecule has 1 unspecified atom stereocenters. The molecule has 0 N–H and O–H groups in total. The average molecular weight is 359 g/mol. The number of hydrogen-bond donors (Lipinski definition) is 0. The first-order chi connectivity index (χ1) is 10.8. The van der Waals surface area contributed by atoms with Crippen molar-refractivity contribution >= 4 is 29.2 Å². The highest BCUT2D eigenvalue weighted by molar-refractivity contribution is 6.43. The zero-order valence-electron chi connectivity index (χ0n) is 14.1. The standard InChI is InChI=1S/C18H26Cl2NO2/c1-13(12-21(2,3)14-8-5-4-6-9-14)23-18(22)15-10-7-11-16(19)17(15)20/h7,10-11,13-14H,4-6,8-9,12H2,1-3H3/q+1. The van der Waals surface area contributed by atoms with Crippen LogP contribution in [0.1, 0.15) is 49.4 Å². The number of rotatable bonds is 5. The van der Waals surface area contributed by atoms with Crippen LogP contribution in [0.4, 0.5) is 0 Å². The third-order valence-electron chi connectivity index (χ3n) is 4.77. The number of carbonyl (C=O) groups is 1. The summed E-state index contributed by atoms with van der Waals surface area (Å²) in [5.41, 5.74) is 0.328. The number of quaternary nitrogens is 1. The molecule has 1 aromatic carbocycles. The van der Waals surface area contributed by atoms with Crippen molar-refractivity contribution < 1.29 is 14.0 Å². The summed E-state index contributed by atoms with van der Waals surface area (Å²) in [4.78, 5) is 12.3. The lowest BCUT2D eigenvalue weighted by Gasteiger charge is -2.41. The fourth-order valence-corrected chi connectivity index (χ4v) is 3.91. The first-order valence-corrected chi connectivity index (χ1v) is 9.04. The Kier molecular flexibility index (Phi) is 6.35. The molecule has 0 amide bonds. The predicted octanol–water partition coefficient (Wildman–Crippen LogP) is 4.95. The summed E-state index contributed by atoms with van der Waals surface area (Å²) in [6, 6.07) is 5.66. The Morgan fingerprint density at radius 3 is 2.57 bits per heavy atom. The lowest BCUT2D eigenvalue weighted by Crippen LogP contribution is -2.53. The minimum atomic E-state index is -0.409. The molecule has 0 spiro atoms. The fraction of sp³-hybridized carbons (Fsp3) is 0.611. The number of benzene rings is 1. The molecule has 0 saturated heterocycles. The van der Waals surface area contributed by atoms with Gasteiger partial charge in [-0.3, -0.25) is 0 Å². The number of halogens is 2. The van der Waals surface area contributed by atoms with Gasteiger partial charge in [0.2, 0.25) is 0 Å². The quantitative estimate of drug-likeness (QED) is 0.549. The van der Waals surface area contributed by atoms with Gasteiger partial charge < -0.3 is 9.22 Å². The van der Waals surface area contributed by atoms with Gasteiger partial charge in [-0.15, -0.1) is 0 Å². The number of esters is 1. The van der Waals surface area contributed by atoms with Crippen molar-refractivity contribution in [1.29, 1.82) is 0 Å². The van der Waals surface area contributed by atoms with Crippen LogP contribution in [0.25, 0.3) is 0 Å². The van der Waals surface area contributed by atoms with Crippen molar-refractivity contribution in [3.05, 3.63) is 33.8 Å². The van der Waals surface area contributed by atoms with E-state index >= 15 is 0 Å². The van der Waals surface area contributed by atoms with E-state index in [0.29, 0.717) is 16.6 Å². The average Bonchev–Trinajstić information content (AvgIpc) is 2.50. The minimum absolute atomic E-state index is 0.172. The molecule has 1 atom stereocenters. The highest BCUT2D eigenvalue weighted by Gasteiger charge is 2.32. The molecule has 2 rings (SSSR count). The van der Waals surface area contributed by atoms with Crippen LogP contribution in [-0.4, -0.2) is 43.2 Å². The lowest BCUT2D eigenvalue weighted by atomic mass is 9.93. The Balaban J connectivity index is 1.96. The molecule has 3 nitrogen and oxygen atoms in total. The second-order valence-corrected chi connectivity index (χ2v) is 7.86. The molecule has 0 aromatic heterocycles. The van der Waals surface area contributed by atoms with Crippen molar-refractivity contribution in [3.8, 4) is 0 Å². The molecular weight excluding hydrogens is 333 g/mol. The molecule has 0 aliphatic heterocycles. The van der Waals surface area contributed by atoms with E-state index in [4.69, 9.17) is 27.9 Å². The van der Waals surface area contributed by atoms with E-state index in [-0.39, 0.29) is 11.1 Å². The third-order valence-corrected chi connectivity index (χ3v) is 5.59. The zero-order valence-corrected chi connectivity index (χ0v) is 15.7. The molecule has 5 heteroatoms. The van der Waals surface area contributed by atoms with Gasteiger partial charge >= 0.3 is 5.97 Å². The summed E-state index contributed by atoms with van der Waals surface area (Å²) >= 11 is 12.0. The van der Waals surface area contributed by atoms with Crippen molar-refractivity contribution in [2.75, 3.05) is 20.6 Å². The van der Waals surface area contributed by atoms with E-state index in [1.807, 2.05) is 6.92 Å². The second-order valence-electron chi connectivity index (χ2n) is 7.07. The molecular formula is C18H26Cl2NO2+. The van der Waals surface area contributed by atoms with Crippen LogP contribution in [0, 0.1) is 0 Å². The fourth-order valence-electron chi connectivity index (χ4n) is 3.54. The molecule has 0 heterocycles. The van der Waals surface area contributed by atoms with Crippen LogP contribution < -0.4 is 0 Å². The van der Waals surface area contributed by atoms with E-state index in [2.05, 4.69) is 14.1 Å². The van der Waals surface area contributed by atoms with E-state index in [9.17, 15) is 4.79 Å². The Morgan fingerprint density at radius 2 is 1.91 bits per heavy atom. The van der Waals surface area contributed by atoms with Crippen molar-refractivity contribution in [1.82, 2.24) is 0 Å². The Morgan fingerprint density at radius 1 is 1.26 bits per heavy atom. The van der Waals surface area contributed by atoms with Gasteiger partial charge in [0.05, 0.1) is 35.7 Å². The van der Waals surface area contributed by atoms with Gasteiger partial charge in [-0.2, -0.15) is 0 Å². The maximum Gasteiger partial charge on any atom is 0.340 e.